The maximum atomic E-state index is 9.38. The summed E-state index contributed by atoms with van der Waals surface area (Å²) in [5.74, 6) is 0.801. The van der Waals surface area contributed by atoms with Gasteiger partial charge in [-0.15, -0.1) is 0 Å². The Morgan fingerprint density at radius 3 is 2.78 bits per heavy atom. The van der Waals surface area contributed by atoms with Crippen LogP contribution in [0.5, 0.6) is 5.75 Å². The molecule has 1 N–H and O–H groups in total. The number of rotatable bonds is 5. The molecule has 0 aromatic heterocycles. The van der Waals surface area contributed by atoms with Crippen molar-refractivity contribution < 1.29 is 9.84 Å². The molecule has 18 heavy (non-hydrogen) atoms. The lowest BCUT2D eigenvalue weighted by Gasteiger charge is -2.14. The summed E-state index contributed by atoms with van der Waals surface area (Å²) >= 11 is 0. The summed E-state index contributed by atoms with van der Waals surface area (Å²) in [6, 6.07) is 9.22. The molecule has 1 aliphatic heterocycles. The lowest BCUT2D eigenvalue weighted by Crippen LogP contribution is -2.24. The standard InChI is InChI=1S/C14H18N2O2/c15-10-12-2-4-14(5-3-12)18-9-1-7-16-8-6-13(17)11-16/h2-5,13,17H,1,6-9,11H2. The highest BCUT2D eigenvalue weighted by Gasteiger charge is 2.18. The van der Waals surface area contributed by atoms with E-state index in [2.05, 4.69) is 11.0 Å². The first-order chi connectivity index (χ1) is 8.78. The van der Waals surface area contributed by atoms with Crippen LogP contribution in [0.15, 0.2) is 24.3 Å². The Bertz CT molecular complexity index is 411. The Balaban J connectivity index is 1.64. The van der Waals surface area contributed by atoms with E-state index in [-0.39, 0.29) is 6.10 Å². The van der Waals surface area contributed by atoms with Gasteiger partial charge in [0, 0.05) is 19.6 Å². The van der Waals surface area contributed by atoms with Gasteiger partial charge in [0.05, 0.1) is 24.3 Å². The van der Waals surface area contributed by atoms with Crippen LogP contribution in [0.3, 0.4) is 0 Å². The highest BCUT2D eigenvalue weighted by atomic mass is 16.5. The van der Waals surface area contributed by atoms with E-state index in [1.807, 2.05) is 12.1 Å². The molecule has 1 saturated heterocycles. The van der Waals surface area contributed by atoms with Gasteiger partial charge in [-0.3, -0.25) is 0 Å². The van der Waals surface area contributed by atoms with Crippen molar-refractivity contribution in [1.82, 2.24) is 4.90 Å². The number of benzene rings is 1. The number of hydrogen-bond donors (Lipinski definition) is 1. The molecule has 1 unspecified atom stereocenters. The van der Waals surface area contributed by atoms with Crippen LogP contribution in [0, 0.1) is 11.3 Å². The SMILES string of the molecule is N#Cc1ccc(OCCCN2CCC(O)C2)cc1. The summed E-state index contributed by atoms with van der Waals surface area (Å²) in [4.78, 5) is 2.26. The number of aliphatic hydroxyl groups is 1. The molecule has 0 amide bonds. The summed E-state index contributed by atoms with van der Waals surface area (Å²) in [7, 11) is 0. The largest absolute Gasteiger partial charge is 0.494 e. The Kier molecular flexibility index (Phi) is 4.57. The van der Waals surface area contributed by atoms with Crippen molar-refractivity contribution in [2.24, 2.45) is 0 Å². The van der Waals surface area contributed by atoms with E-state index in [9.17, 15) is 5.11 Å². The number of ether oxygens (including phenoxy) is 1. The summed E-state index contributed by atoms with van der Waals surface area (Å²) in [6.07, 6.45) is 1.69. The van der Waals surface area contributed by atoms with E-state index < -0.39 is 0 Å². The van der Waals surface area contributed by atoms with E-state index in [1.165, 1.54) is 0 Å². The number of nitrogens with zero attached hydrogens (tertiary/aromatic N) is 2. The predicted octanol–water partition coefficient (Wildman–Crippen LogP) is 1.39. The molecule has 0 aliphatic carbocycles. The van der Waals surface area contributed by atoms with Crippen LogP contribution in [0.1, 0.15) is 18.4 Å². The minimum absolute atomic E-state index is 0.149. The maximum Gasteiger partial charge on any atom is 0.119 e. The van der Waals surface area contributed by atoms with Crippen molar-refractivity contribution in [2.45, 2.75) is 18.9 Å². The highest BCUT2D eigenvalue weighted by Crippen LogP contribution is 2.12. The second-order valence-corrected chi connectivity index (χ2v) is 4.58. The normalized spacial score (nSPS) is 19.7. The lowest BCUT2D eigenvalue weighted by molar-refractivity contribution is 0.173. The third-order valence-corrected chi connectivity index (χ3v) is 3.12. The van der Waals surface area contributed by atoms with Crippen molar-refractivity contribution in [2.75, 3.05) is 26.2 Å². The summed E-state index contributed by atoms with van der Waals surface area (Å²) in [5.41, 5.74) is 0.647. The number of aliphatic hydroxyl groups excluding tert-OH is 1. The zero-order valence-electron chi connectivity index (χ0n) is 10.4. The van der Waals surface area contributed by atoms with Gasteiger partial charge in [-0.1, -0.05) is 0 Å². The smallest absolute Gasteiger partial charge is 0.119 e. The van der Waals surface area contributed by atoms with Gasteiger partial charge in [-0.2, -0.15) is 5.26 Å². The Morgan fingerprint density at radius 2 is 2.17 bits per heavy atom. The molecule has 2 rings (SSSR count). The Labute approximate surface area is 107 Å². The van der Waals surface area contributed by atoms with E-state index >= 15 is 0 Å². The minimum atomic E-state index is -0.149. The maximum absolute atomic E-state index is 9.38. The van der Waals surface area contributed by atoms with Crippen LogP contribution in [0.25, 0.3) is 0 Å². The third kappa shape index (κ3) is 3.73. The van der Waals surface area contributed by atoms with Crippen molar-refractivity contribution in [1.29, 1.82) is 5.26 Å². The molecule has 1 heterocycles. The molecule has 1 fully saturated rings. The zero-order chi connectivity index (χ0) is 12.8. The molecule has 96 valence electrons. The molecular formula is C14H18N2O2. The first-order valence-corrected chi connectivity index (χ1v) is 6.31. The van der Waals surface area contributed by atoms with Gasteiger partial charge in [0.1, 0.15) is 5.75 Å². The van der Waals surface area contributed by atoms with Crippen molar-refractivity contribution >= 4 is 0 Å². The van der Waals surface area contributed by atoms with Gasteiger partial charge >= 0.3 is 0 Å². The molecular weight excluding hydrogens is 228 g/mol. The average molecular weight is 246 g/mol. The average Bonchev–Trinajstić information content (AvgIpc) is 2.81. The fourth-order valence-electron chi connectivity index (χ4n) is 2.12. The molecule has 1 atom stereocenters. The molecule has 1 aromatic carbocycles. The second-order valence-electron chi connectivity index (χ2n) is 4.58. The van der Waals surface area contributed by atoms with Gasteiger partial charge in [0.15, 0.2) is 0 Å². The Hall–Kier alpha value is -1.57. The molecule has 0 bridgehead atoms. The van der Waals surface area contributed by atoms with E-state index in [0.29, 0.717) is 12.2 Å². The van der Waals surface area contributed by atoms with Crippen molar-refractivity contribution in [3.05, 3.63) is 29.8 Å². The van der Waals surface area contributed by atoms with Gasteiger partial charge in [0.2, 0.25) is 0 Å². The molecule has 1 aliphatic rings. The fourth-order valence-corrected chi connectivity index (χ4v) is 2.12. The number of nitriles is 1. The van der Waals surface area contributed by atoms with Gasteiger partial charge in [-0.25, -0.2) is 0 Å². The van der Waals surface area contributed by atoms with Crippen LogP contribution in [0.2, 0.25) is 0 Å². The number of hydrogen-bond acceptors (Lipinski definition) is 4. The van der Waals surface area contributed by atoms with Crippen LogP contribution >= 0.6 is 0 Å². The van der Waals surface area contributed by atoms with Gasteiger partial charge < -0.3 is 14.7 Å². The van der Waals surface area contributed by atoms with E-state index in [4.69, 9.17) is 10.00 Å². The Morgan fingerprint density at radius 1 is 1.39 bits per heavy atom. The summed E-state index contributed by atoms with van der Waals surface area (Å²) < 4.78 is 5.59. The topological polar surface area (TPSA) is 56.5 Å². The third-order valence-electron chi connectivity index (χ3n) is 3.12. The number of β-amino-alcohol motifs (C(OH)–C–C–N with tert-alkyl or cyclic N) is 1. The highest BCUT2D eigenvalue weighted by molar-refractivity contribution is 5.34. The zero-order valence-corrected chi connectivity index (χ0v) is 10.4. The minimum Gasteiger partial charge on any atom is -0.494 e. The number of likely N-dealkylation sites (tertiary alicyclic amines) is 1. The molecule has 4 nitrogen and oxygen atoms in total. The molecule has 4 heteroatoms. The van der Waals surface area contributed by atoms with Crippen molar-refractivity contribution in [3.8, 4) is 11.8 Å². The molecule has 1 aromatic rings. The van der Waals surface area contributed by atoms with Crippen LogP contribution in [0.4, 0.5) is 0 Å². The quantitative estimate of drug-likeness (QED) is 0.798. The summed E-state index contributed by atoms with van der Waals surface area (Å²) in [6.45, 7) is 3.40. The lowest BCUT2D eigenvalue weighted by atomic mass is 10.2. The van der Waals surface area contributed by atoms with Crippen LogP contribution < -0.4 is 4.74 Å². The van der Waals surface area contributed by atoms with Crippen molar-refractivity contribution in [3.63, 3.8) is 0 Å². The molecule has 0 radical (unpaired) electrons. The second kappa shape index (κ2) is 6.39. The molecule has 0 saturated carbocycles. The first kappa shape index (κ1) is 12.9. The van der Waals surface area contributed by atoms with E-state index in [1.54, 1.807) is 12.1 Å². The van der Waals surface area contributed by atoms with Crippen LogP contribution in [-0.2, 0) is 0 Å². The monoisotopic (exact) mass is 246 g/mol. The van der Waals surface area contributed by atoms with Gasteiger partial charge in [-0.05, 0) is 37.1 Å². The fraction of sp³-hybridized carbons (Fsp3) is 0.500. The predicted molar refractivity (Wildman–Crippen MR) is 68.3 cm³/mol. The summed E-state index contributed by atoms with van der Waals surface area (Å²) in [5, 5.41) is 18.1. The molecule has 0 spiro atoms. The first-order valence-electron chi connectivity index (χ1n) is 6.31. The van der Waals surface area contributed by atoms with Gasteiger partial charge in [0.25, 0.3) is 0 Å². The van der Waals surface area contributed by atoms with Crippen LogP contribution in [-0.4, -0.2) is 42.4 Å². The van der Waals surface area contributed by atoms with E-state index in [0.717, 1.165) is 38.2 Å².